The lowest BCUT2D eigenvalue weighted by atomic mass is 9.93. The molecule has 0 saturated carbocycles. The van der Waals surface area contributed by atoms with E-state index in [1.807, 2.05) is 18.0 Å². The molecular formula is C13H20N4O2. The fourth-order valence-corrected chi connectivity index (χ4v) is 2.35. The normalized spacial score (nSPS) is 18.0. The van der Waals surface area contributed by atoms with Crippen molar-refractivity contribution in [2.75, 3.05) is 31.7 Å². The second kappa shape index (κ2) is 5.54. The highest BCUT2D eigenvalue weighted by Gasteiger charge is 2.31. The Labute approximate surface area is 112 Å². The molecule has 2 rings (SSSR count). The number of amidine groups is 1. The lowest BCUT2D eigenvalue weighted by molar-refractivity contribution is -0.0572. The van der Waals surface area contributed by atoms with Gasteiger partial charge in [-0.25, -0.2) is 0 Å². The van der Waals surface area contributed by atoms with Gasteiger partial charge in [-0.2, -0.15) is 0 Å². The molecule has 1 fully saturated rings. The molecule has 0 aliphatic carbocycles. The van der Waals surface area contributed by atoms with Crippen molar-refractivity contribution < 1.29 is 9.84 Å². The minimum absolute atomic E-state index is 0.0681. The maximum atomic E-state index is 10.5. The van der Waals surface area contributed by atoms with Crippen molar-refractivity contribution in [1.29, 1.82) is 5.41 Å². The highest BCUT2D eigenvalue weighted by atomic mass is 16.5. The molecule has 1 aliphatic rings. The summed E-state index contributed by atoms with van der Waals surface area (Å²) in [4.78, 5) is 6.02. The van der Waals surface area contributed by atoms with Gasteiger partial charge in [0.1, 0.15) is 11.5 Å². The van der Waals surface area contributed by atoms with Crippen molar-refractivity contribution in [2.24, 2.45) is 5.73 Å². The van der Waals surface area contributed by atoms with E-state index in [1.165, 1.54) is 0 Å². The first kappa shape index (κ1) is 13.8. The van der Waals surface area contributed by atoms with Crippen LogP contribution in [-0.4, -0.2) is 48.3 Å². The van der Waals surface area contributed by atoms with Crippen LogP contribution in [0.25, 0.3) is 0 Å². The monoisotopic (exact) mass is 264 g/mol. The summed E-state index contributed by atoms with van der Waals surface area (Å²) in [6, 6.07) is 3.65. The third-order valence-electron chi connectivity index (χ3n) is 3.41. The number of aliphatic hydroxyl groups is 1. The summed E-state index contributed by atoms with van der Waals surface area (Å²) >= 11 is 0. The van der Waals surface area contributed by atoms with Crippen molar-refractivity contribution in [3.8, 4) is 0 Å². The van der Waals surface area contributed by atoms with E-state index in [0.717, 1.165) is 5.69 Å². The van der Waals surface area contributed by atoms with E-state index in [-0.39, 0.29) is 5.84 Å². The number of aromatic nitrogens is 1. The van der Waals surface area contributed by atoms with E-state index in [9.17, 15) is 5.11 Å². The van der Waals surface area contributed by atoms with E-state index in [1.54, 1.807) is 12.3 Å². The van der Waals surface area contributed by atoms with Gasteiger partial charge in [0.2, 0.25) is 0 Å². The van der Waals surface area contributed by atoms with Crippen LogP contribution < -0.4 is 10.6 Å². The predicted molar refractivity (Wildman–Crippen MR) is 73.5 cm³/mol. The minimum Gasteiger partial charge on any atom is -0.388 e. The van der Waals surface area contributed by atoms with Crippen LogP contribution in [0.3, 0.4) is 0 Å². The van der Waals surface area contributed by atoms with Gasteiger partial charge in [0.05, 0.1) is 11.3 Å². The number of nitrogens with one attached hydrogen (secondary N) is 1. The number of rotatable bonds is 4. The summed E-state index contributed by atoms with van der Waals surface area (Å²) in [5, 5.41) is 18.0. The molecule has 1 aliphatic heterocycles. The zero-order valence-corrected chi connectivity index (χ0v) is 11.1. The number of hydrogen-bond acceptors (Lipinski definition) is 5. The number of nitrogens with zero attached hydrogens (tertiary/aromatic N) is 2. The van der Waals surface area contributed by atoms with Crippen molar-refractivity contribution in [3.05, 3.63) is 24.0 Å². The molecular weight excluding hydrogens is 244 g/mol. The lowest BCUT2D eigenvalue weighted by Gasteiger charge is -2.36. The zero-order valence-electron chi connectivity index (χ0n) is 11.1. The number of hydrogen-bond donors (Lipinski definition) is 3. The lowest BCUT2D eigenvalue weighted by Crippen LogP contribution is -2.46. The molecule has 6 nitrogen and oxygen atoms in total. The molecule has 0 radical (unpaired) electrons. The van der Waals surface area contributed by atoms with Gasteiger partial charge in [-0.1, -0.05) is 0 Å². The Morgan fingerprint density at radius 3 is 2.89 bits per heavy atom. The van der Waals surface area contributed by atoms with Gasteiger partial charge in [-0.3, -0.25) is 10.4 Å². The zero-order chi connectivity index (χ0) is 13.9. The molecule has 0 amide bonds. The van der Waals surface area contributed by atoms with Crippen molar-refractivity contribution in [3.63, 3.8) is 0 Å². The Bertz CT molecular complexity index is 458. The fourth-order valence-electron chi connectivity index (χ4n) is 2.35. The largest absolute Gasteiger partial charge is 0.388 e. The fraction of sp³-hybridized carbons (Fsp3) is 0.538. The van der Waals surface area contributed by atoms with E-state index < -0.39 is 5.60 Å². The summed E-state index contributed by atoms with van der Waals surface area (Å²) in [6.45, 7) is 1.64. The smallest absolute Gasteiger partial charge is 0.143 e. The molecule has 1 aromatic rings. The molecule has 19 heavy (non-hydrogen) atoms. The Morgan fingerprint density at radius 1 is 1.58 bits per heavy atom. The first-order valence-electron chi connectivity index (χ1n) is 6.32. The summed E-state index contributed by atoms with van der Waals surface area (Å²) < 4.78 is 5.27. The number of ether oxygens (including phenoxy) is 1. The van der Waals surface area contributed by atoms with Gasteiger partial charge < -0.3 is 20.5 Å². The molecule has 1 aromatic heterocycles. The first-order chi connectivity index (χ1) is 9.02. The van der Waals surface area contributed by atoms with Gasteiger partial charge in [-0.15, -0.1) is 0 Å². The predicted octanol–water partition coefficient (Wildman–Crippen LogP) is 0.343. The molecule has 0 unspecified atom stereocenters. The van der Waals surface area contributed by atoms with Crippen LogP contribution in [0.2, 0.25) is 0 Å². The Morgan fingerprint density at radius 2 is 2.26 bits per heavy atom. The molecule has 4 N–H and O–H groups in total. The van der Waals surface area contributed by atoms with Gasteiger partial charge in [-0.05, 0) is 12.1 Å². The van der Waals surface area contributed by atoms with E-state index >= 15 is 0 Å². The summed E-state index contributed by atoms with van der Waals surface area (Å²) in [5.41, 5.74) is 5.98. The maximum absolute atomic E-state index is 10.5. The first-order valence-corrected chi connectivity index (χ1v) is 6.32. The summed E-state index contributed by atoms with van der Waals surface area (Å²) in [6.07, 6.45) is 2.84. The number of likely N-dealkylation sites (N-methyl/N-ethyl adjacent to an activating group) is 1. The highest BCUT2D eigenvalue weighted by molar-refractivity contribution is 5.98. The average molecular weight is 264 g/mol. The topological polar surface area (TPSA) is 95.5 Å². The maximum Gasteiger partial charge on any atom is 0.143 e. The van der Waals surface area contributed by atoms with Crippen molar-refractivity contribution in [1.82, 2.24) is 4.98 Å². The molecule has 2 heterocycles. The molecule has 6 heteroatoms. The summed E-state index contributed by atoms with van der Waals surface area (Å²) in [7, 11) is 1.87. The quantitative estimate of drug-likeness (QED) is 0.538. The van der Waals surface area contributed by atoms with Crippen molar-refractivity contribution in [2.45, 2.75) is 18.4 Å². The third kappa shape index (κ3) is 3.21. The number of nitrogen functional groups attached to an aromatic ring is 1. The van der Waals surface area contributed by atoms with E-state index in [0.29, 0.717) is 38.3 Å². The van der Waals surface area contributed by atoms with E-state index in [4.69, 9.17) is 15.9 Å². The molecule has 0 spiro atoms. The number of anilines is 1. The molecule has 0 bridgehead atoms. The van der Waals surface area contributed by atoms with Crippen LogP contribution in [0.1, 0.15) is 18.5 Å². The highest BCUT2D eigenvalue weighted by Crippen LogP contribution is 2.25. The van der Waals surface area contributed by atoms with Crippen LogP contribution in [-0.2, 0) is 4.74 Å². The van der Waals surface area contributed by atoms with Gasteiger partial charge in [0, 0.05) is 45.8 Å². The van der Waals surface area contributed by atoms with Crippen LogP contribution in [0.4, 0.5) is 5.69 Å². The minimum atomic E-state index is -0.753. The van der Waals surface area contributed by atoms with Crippen molar-refractivity contribution >= 4 is 11.5 Å². The van der Waals surface area contributed by atoms with E-state index in [2.05, 4.69) is 4.98 Å². The summed E-state index contributed by atoms with van der Waals surface area (Å²) in [5.74, 6) is -0.0681. The Hall–Kier alpha value is -1.66. The molecule has 0 atom stereocenters. The number of pyridine rings is 1. The Balaban J connectivity index is 2.15. The molecule has 104 valence electrons. The standard InChI is InChI=1S/C13H20N4O2/c1-17(9-13(18)4-7-19-8-5-13)10-3-2-6-16-11(10)12(14)15/h2-3,6,18H,4-5,7-9H2,1H3,(H3,14,15). The second-order valence-electron chi connectivity index (χ2n) is 4.98. The van der Waals surface area contributed by atoms with Gasteiger partial charge >= 0.3 is 0 Å². The van der Waals surface area contributed by atoms with Gasteiger partial charge in [0.15, 0.2) is 0 Å². The molecule has 0 aromatic carbocycles. The van der Waals surface area contributed by atoms with Gasteiger partial charge in [0.25, 0.3) is 0 Å². The van der Waals surface area contributed by atoms with Crippen LogP contribution in [0.15, 0.2) is 18.3 Å². The van der Waals surface area contributed by atoms with Crippen LogP contribution in [0.5, 0.6) is 0 Å². The molecule has 1 saturated heterocycles. The second-order valence-corrected chi connectivity index (χ2v) is 4.98. The van der Waals surface area contributed by atoms with Crippen LogP contribution in [0, 0.1) is 5.41 Å². The average Bonchev–Trinajstić information content (AvgIpc) is 2.39. The number of nitrogens with two attached hydrogens (primary N) is 1. The SMILES string of the molecule is CN(CC1(O)CCOCC1)c1cccnc1C(=N)N. The Kier molecular flexibility index (Phi) is 4.01. The third-order valence-corrected chi connectivity index (χ3v) is 3.41. The van der Waals surface area contributed by atoms with Crippen LogP contribution >= 0.6 is 0 Å².